The lowest BCUT2D eigenvalue weighted by molar-refractivity contribution is -0.130. The van der Waals surface area contributed by atoms with E-state index in [0.717, 1.165) is 0 Å². The molecule has 3 amide bonds. The van der Waals surface area contributed by atoms with Crippen LogP contribution in [-0.2, 0) is 14.3 Å². The molecule has 0 bridgehead atoms. The maximum atomic E-state index is 11.7. The predicted octanol–water partition coefficient (Wildman–Crippen LogP) is -0.519. The van der Waals surface area contributed by atoms with E-state index in [1.54, 1.807) is 23.8 Å². The van der Waals surface area contributed by atoms with E-state index in [9.17, 15) is 9.59 Å². The molecule has 7 nitrogen and oxygen atoms in total. The van der Waals surface area contributed by atoms with Crippen LogP contribution in [0.2, 0.25) is 0 Å². The fraction of sp³-hybridized carbons (Fsp3) is 0.818. The summed E-state index contributed by atoms with van der Waals surface area (Å²) in [5, 5.41) is 2.66. The van der Waals surface area contributed by atoms with Crippen molar-refractivity contribution in [2.75, 3.05) is 53.2 Å². The van der Waals surface area contributed by atoms with Crippen molar-refractivity contribution >= 4 is 11.9 Å². The fourth-order valence-electron chi connectivity index (χ4n) is 1.66. The maximum absolute atomic E-state index is 11.7. The van der Waals surface area contributed by atoms with Crippen molar-refractivity contribution in [2.24, 2.45) is 0 Å². The molecule has 0 aliphatic carbocycles. The summed E-state index contributed by atoms with van der Waals surface area (Å²) in [6, 6.07) is -0.157. The normalized spacial score (nSPS) is 15.7. The number of piperazine rings is 1. The Morgan fingerprint density at radius 1 is 1.11 bits per heavy atom. The number of carbonyl (C=O) groups excluding carboxylic acids is 2. The van der Waals surface area contributed by atoms with E-state index < -0.39 is 0 Å². The van der Waals surface area contributed by atoms with E-state index in [4.69, 9.17) is 9.47 Å². The summed E-state index contributed by atoms with van der Waals surface area (Å²) in [4.78, 5) is 26.2. The summed E-state index contributed by atoms with van der Waals surface area (Å²) in [6.07, 6.45) is 0. The van der Waals surface area contributed by atoms with Gasteiger partial charge in [-0.25, -0.2) is 4.79 Å². The first kappa shape index (κ1) is 14.7. The molecule has 0 aromatic carbocycles. The SMILES string of the molecule is COCCOCNC(=O)N1CCN(C(C)=O)CC1. The number of rotatable bonds is 5. The van der Waals surface area contributed by atoms with Gasteiger partial charge < -0.3 is 24.6 Å². The van der Waals surface area contributed by atoms with Gasteiger partial charge >= 0.3 is 6.03 Å². The van der Waals surface area contributed by atoms with E-state index in [1.165, 1.54) is 0 Å². The highest BCUT2D eigenvalue weighted by molar-refractivity contribution is 5.76. The standard InChI is InChI=1S/C11H21N3O4/c1-10(15)13-3-5-14(6-4-13)11(16)12-9-18-8-7-17-2/h3-9H2,1-2H3,(H,12,16). The Balaban J connectivity index is 2.14. The Morgan fingerprint density at radius 3 is 2.28 bits per heavy atom. The van der Waals surface area contributed by atoms with E-state index in [0.29, 0.717) is 39.4 Å². The van der Waals surface area contributed by atoms with E-state index >= 15 is 0 Å². The molecule has 1 heterocycles. The number of amides is 3. The van der Waals surface area contributed by atoms with Crippen molar-refractivity contribution in [3.05, 3.63) is 0 Å². The summed E-state index contributed by atoms with van der Waals surface area (Å²) in [5.74, 6) is 0.0537. The van der Waals surface area contributed by atoms with Gasteiger partial charge in [0.15, 0.2) is 0 Å². The lowest BCUT2D eigenvalue weighted by Crippen LogP contribution is -2.53. The monoisotopic (exact) mass is 259 g/mol. The molecule has 0 aromatic rings. The van der Waals surface area contributed by atoms with Gasteiger partial charge in [0.2, 0.25) is 5.91 Å². The topological polar surface area (TPSA) is 71.1 Å². The second-order valence-electron chi connectivity index (χ2n) is 4.02. The van der Waals surface area contributed by atoms with Crippen LogP contribution in [0.25, 0.3) is 0 Å². The van der Waals surface area contributed by atoms with Crippen LogP contribution in [0.15, 0.2) is 0 Å². The molecule has 7 heteroatoms. The van der Waals surface area contributed by atoms with Gasteiger partial charge in [-0.2, -0.15) is 0 Å². The van der Waals surface area contributed by atoms with Crippen molar-refractivity contribution in [3.8, 4) is 0 Å². The molecule has 0 atom stereocenters. The van der Waals surface area contributed by atoms with E-state index in [-0.39, 0.29) is 18.7 Å². The molecule has 0 saturated carbocycles. The molecule has 0 aromatic heterocycles. The van der Waals surface area contributed by atoms with Gasteiger partial charge in [-0.05, 0) is 0 Å². The molecule has 0 radical (unpaired) electrons. The number of hydrogen-bond acceptors (Lipinski definition) is 4. The summed E-state index contributed by atoms with van der Waals surface area (Å²) >= 11 is 0. The minimum Gasteiger partial charge on any atom is -0.382 e. The minimum absolute atomic E-state index is 0.0537. The highest BCUT2D eigenvalue weighted by atomic mass is 16.5. The van der Waals surface area contributed by atoms with Gasteiger partial charge in [-0.15, -0.1) is 0 Å². The van der Waals surface area contributed by atoms with Crippen LogP contribution in [0.4, 0.5) is 4.79 Å². The maximum Gasteiger partial charge on any atom is 0.319 e. The van der Waals surface area contributed by atoms with Crippen LogP contribution in [0.3, 0.4) is 0 Å². The largest absolute Gasteiger partial charge is 0.382 e. The van der Waals surface area contributed by atoms with E-state index in [2.05, 4.69) is 5.32 Å². The Bertz CT molecular complexity index is 277. The molecular weight excluding hydrogens is 238 g/mol. The number of ether oxygens (including phenoxy) is 2. The van der Waals surface area contributed by atoms with Crippen LogP contribution in [0.5, 0.6) is 0 Å². The van der Waals surface area contributed by atoms with Crippen LogP contribution >= 0.6 is 0 Å². The first-order chi connectivity index (χ1) is 8.65. The number of methoxy groups -OCH3 is 1. The average Bonchev–Trinajstić information content (AvgIpc) is 2.38. The zero-order chi connectivity index (χ0) is 13.4. The second-order valence-corrected chi connectivity index (χ2v) is 4.02. The highest BCUT2D eigenvalue weighted by Gasteiger charge is 2.21. The molecular formula is C11H21N3O4. The molecule has 1 fully saturated rings. The van der Waals surface area contributed by atoms with Gasteiger partial charge in [0.05, 0.1) is 13.2 Å². The number of nitrogens with one attached hydrogen (secondary N) is 1. The zero-order valence-corrected chi connectivity index (χ0v) is 11.0. The zero-order valence-electron chi connectivity index (χ0n) is 11.0. The smallest absolute Gasteiger partial charge is 0.319 e. The number of nitrogens with zero attached hydrogens (tertiary/aromatic N) is 2. The molecule has 1 N–H and O–H groups in total. The average molecular weight is 259 g/mol. The first-order valence-corrected chi connectivity index (χ1v) is 6.00. The van der Waals surface area contributed by atoms with Crippen LogP contribution in [0.1, 0.15) is 6.92 Å². The summed E-state index contributed by atoms with van der Waals surface area (Å²) in [5.41, 5.74) is 0. The van der Waals surface area contributed by atoms with Gasteiger partial charge in [0, 0.05) is 40.2 Å². The van der Waals surface area contributed by atoms with Crippen LogP contribution in [0, 0.1) is 0 Å². The van der Waals surface area contributed by atoms with Crippen molar-refractivity contribution < 1.29 is 19.1 Å². The molecule has 1 aliphatic heterocycles. The second kappa shape index (κ2) is 7.88. The van der Waals surface area contributed by atoms with Gasteiger partial charge in [-0.1, -0.05) is 0 Å². The lowest BCUT2D eigenvalue weighted by atomic mass is 10.3. The molecule has 1 aliphatic rings. The van der Waals surface area contributed by atoms with Gasteiger partial charge in [0.25, 0.3) is 0 Å². The highest BCUT2D eigenvalue weighted by Crippen LogP contribution is 2.01. The number of carbonyl (C=O) groups is 2. The van der Waals surface area contributed by atoms with Crippen molar-refractivity contribution in [1.82, 2.24) is 15.1 Å². The third-order valence-electron chi connectivity index (χ3n) is 2.77. The number of urea groups is 1. The van der Waals surface area contributed by atoms with Crippen LogP contribution < -0.4 is 5.32 Å². The molecule has 18 heavy (non-hydrogen) atoms. The Kier molecular flexibility index (Phi) is 6.45. The molecule has 104 valence electrons. The Hall–Kier alpha value is -1.34. The summed E-state index contributed by atoms with van der Waals surface area (Å²) < 4.78 is 9.96. The molecule has 1 rings (SSSR count). The summed E-state index contributed by atoms with van der Waals surface area (Å²) in [7, 11) is 1.59. The molecule has 1 saturated heterocycles. The third-order valence-corrected chi connectivity index (χ3v) is 2.77. The fourth-order valence-corrected chi connectivity index (χ4v) is 1.66. The third kappa shape index (κ3) is 4.89. The lowest BCUT2D eigenvalue weighted by Gasteiger charge is -2.34. The summed E-state index contributed by atoms with van der Waals surface area (Å²) in [6.45, 7) is 4.98. The Labute approximate surface area is 107 Å². The Morgan fingerprint density at radius 2 is 1.72 bits per heavy atom. The quantitative estimate of drug-likeness (QED) is 0.533. The number of hydrogen-bond donors (Lipinski definition) is 1. The van der Waals surface area contributed by atoms with Gasteiger partial charge in [0.1, 0.15) is 6.73 Å². The van der Waals surface area contributed by atoms with Crippen LogP contribution in [-0.4, -0.2) is 75.0 Å². The van der Waals surface area contributed by atoms with Gasteiger partial charge in [-0.3, -0.25) is 4.79 Å². The minimum atomic E-state index is -0.157. The molecule has 0 spiro atoms. The predicted molar refractivity (Wildman–Crippen MR) is 65.1 cm³/mol. The van der Waals surface area contributed by atoms with E-state index in [1.807, 2.05) is 0 Å². The van der Waals surface area contributed by atoms with Crippen molar-refractivity contribution in [1.29, 1.82) is 0 Å². The molecule has 0 unspecified atom stereocenters. The van der Waals surface area contributed by atoms with Crippen molar-refractivity contribution in [2.45, 2.75) is 6.92 Å². The van der Waals surface area contributed by atoms with Crippen molar-refractivity contribution in [3.63, 3.8) is 0 Å². The first-order valence-electron chi connectivity index (χ1n) is 6.00.